The van der Waals surface area contributed by atoms with Crippen molar-refractivity contribution in [3.05, 3.63) is 92.6 Å². The number of rotatable bonds is 7. The van der Waals surface area contributed by atoms with Gasteiger partial charge < -0.3 is 15.7 Å². The number of benzene rings is 2. The number of amides is 2. The summed E-state index contributed by atoms with van der Waals surface area (Å²) in [6, 6.07) is 11.7. The van der Waals surface area contributed by atoms with Gasteiger partial charge in [0.25, 0.3) is 11.5 Å². The van der Waals surface area contributed by atoms with E-state index < -0.39 is 23.7 Å². The highest BCUT2D eigenvalue weighted by atomic mass is 35.5. The van der Waals surface area contributed by atoms with E-state index in [0.717, 1.165) is 11.6 Å². The summed E-state index contributed by atoms with van der Waals surface area (Å²) in [6.07, 6.45) is 1.40. The van der Waals surface area contributed by atoms with Gasteiger partial charge in [-0.05, 0) is 23.8 Å². The minimum atomic E-state index is -1.09. The molecule has 0 aliphatic rings. The van der Waals surface area contributed by atoms with Gasteiger partial charge in [0.05, 0.1) is 5.56 Å². The number of aryl methyl sites for hydroxylation is 1. The van der Waals surface area contributed by atoms with Gasteiger partial charge in [-0.25, -0.2) is 4.39 Å². The number of halogens is 2. The van der Waals surface area contributed by atoms with E-state index in [1.165, 1.54) is 30.1 Å². The zero-order valence-electron chi connectivity index (χ0n) is 16.1. The highest BCUT2D eigenvalue weighted by Crippen LogP contribution is 2.15. The van der Waals surface area contributed by atoms with Gasteiger partial charge in [-0.1, -0.05) is 41.9 Å². The molecule has 2 aromatic carbocycles. The quantitative estimate of drug-likeness (QED) is 0.536. The third-order valence-corrected chi connectivity index (χ3v) is 4.78. The summed E-state index contributed by atoms with van der Waals surface area (Å²) in [5.74, 6) is -2.07. The predicted octanol–water partition coefficient (Wildman–Crippen LogP) is 2.16. The van der Waals surface area contributed by atoms with E-state index in [9.17, 15) is 18.8 Å². The summed E-state index contributed by atoms with van der Waals surface area (Å²) < 4.78 is 15.3. The van der Waals surface area contributed by atoms with Crippen molar-refractivity contribution in [2.75, 3.05) is 0 Å². The lowest BCUT2D eigenvalue weighted by atomic mass is 10.1. The fourth-order valence-corrected chi connectivity index (χ4v) is 3.07. The lowest BCUT2D eigenvalue weighted by Gasteiger charge is -2.18. The van der Waals surface area contributed by atoms with Crippen molar-refractivity contribution in [2.24, 2.45) is 7.05 Å². The molecular formula is C21H20ClFN4O3. The molecule has 0 saturated carbocycles. The third-order valence-electron chi connectivity index (χ3n) is 4.54. The van der Waals surface area contributed by atoms with E-state index >= 15 is 0 Å². The highest BCUT2D eigenvalue weighted by molar-refractivity contribution is 6.31. The van der Waals surface area contributed by atoms with Crippen molar-refractivity contribution in [3.8, 4) is 0 Å². The molecule has 7 nitrogen and oxygen atoms in total. The molecule has 3 aromatic rings. The Labute approximate surface area is 176 Å². The van der Waals surface area contributed by atoms with Crippen LogP contribution in [0.1, 0.15) is 21.5 Å². The van der Waals surface area contributed by atoms with Gasteiger partial charge >= 0.3 is 0 Å². The van der Waals surface area contributed by atoms with Crippen molar-refractivity contribution in [1.29, 1.82) is 0 Å². The van der Waals surface area contributed by atoms with Crippen LogP contribution in [0.5, 0.6) is 0 Å². The van der Waals surface area contributed by atoms with Gasteiger partial charge in [-0.15, -0.1) is 0 Å². The number of hydrogen-bond acceptors (Lipinski definition) is 3. The second kappa shape index (κ2) is 9.41. The molecule has 3 N–H and O–H groups in total. The first-order chi connectivity index (χ1) is 14.3. The molecule has 0 radical (unpaired) electrons. The van der Waals surface area contributed by atoms with Crippen LogP contribution in [-0.2, 0) is 24.8 Å². The van der Waals surface area contributed by atoms with Crippen molar-refractivity contribution in [2.45, 2.75) is 19.0 Å². The molecule has 9 heteroatoms. The molecule has 0 fully saturated rings. The Kier molecular flexibility index (Phi) is 6.68. The zero-order chi connectivity index (χ0) is 21.7. The molecule has 0 bridgehead atoms. The molecule has 1 aromatic heterocycles. The van der Waals surface area contributed by atoms with E-state index in [1.807, 2.05) is 30.3 Å². The van der Waals surface area contributed by atoms with Crippen LogP contribution in [0.15, 0.2) is 59.5 Å². The Bertz CT molecular complexity index is 1110. The average Bonchev–Trinajstić information content (AvgIpc) is 3.06. The summed E-state index contributed by atoms with van der Waals surface area (Å²) >= 11 is 5.86. The monoisotopic (exact) mass is 430 g/mol. The molecule has 0 spiro atoms. The van der Waals surface area contributed by atoms with Gasteiger partial charge in [0.15, 0.2) is 0 Å². The third kappa shape index (κ3) is 5.15. The lowest BCUT2D eigenvalue weighted by Crippen LogP contribution is -2.48. The smallest absolute Gasteiger partial charge is 0.269 e. The first-order valence-electron chi connectivity index (χ1n) is 9.16. The van der Waals surface area contributed by atoms with Crippen LogP contribution in [0.25, 0.3) is 0 Å². The number of H-pyrrole nitrogens is 1. The Morgan fingerprint density at radius 1 is 1.20 bits per heavy atom. The second-order valence-electron chi connectivity index (χ2n) is 6.72. The van der Waals surface area contributed by atoms with E-state index in [4.69, 9.17) is 11.6 Å². The van der Waals surface area contributed by atoms with Crippen LogP contribution in [0.2, 0.25) is 5.02 Å². The van der Waals surface area contributed by atoms with Gasteiger partial charge in [-0.2, -0.15) is 0 Å². The largest absolute Gasteiger partial charge is 0.350 e. The van der Waals surface area contributed by atoms with Crippen LogP contribution in [0.3, 0.4) is 0 Å². The van der Waals surface area contributed by atoms with Gasteiger partial charge in [0.2, 0.25) is 5.91 Å². The number of carbonyl (C=O) groups excluding carboxylic acids is 2. The van der Waals surface area contributed by atoms with E-state index in [-0.39, 0.29) is 29.1 Å². The maximum Gasteiger partial charge on any atom is 0.269 e. The highest BCUT2D eigenvalue weighted by Gasteiger charge is 2.25. The van der Waals surface area contributed by atoms with Crippen molar-refractivity contribution in [1.82, 2.24) is 20.4 Å². The number of aromatic amines is 1. The van der Waals surface area contributed by atoms with E-state index in [0.29, 0.717) is 5.56 Å². The van der Waals surface area contributed by atoms with Crippen LogP contribution in [0, 0.1) is 5.82 Å². The van der Waals surface area contributed by atoms with E-state index in [1.54, 1.807) is 0 Å². The molecule has 0 aliphatic carbocycles. The summed E-state index contributed by atoms with van der Waals surface area (Å²) in [7, 11) is 1.54. The normalized spacial score (nSPS) is 11.7. The van der Waals surface area contributed by atoms with E-state index in [2.05, 4.69) is 15.7 Å². The maximum atomic E-state index is 14.1. The Hall–Kier alpha value is -3.39. The molecule has 0 aliphatic heterocycles. The second-order valence-corrected chi connectivity index (χ2v) is 7.16. The minimum absolute atomic E-state index is 0.0648. The first kappa shape index (κ1) is 21.3. The average molecular weight is 431 g/mol. The molecule has 0 saturated heterocycles. The van der Waals surface area contributed by atoms with Crippen LogP contribution >= 0.6 is 11.6 Å². The first-order valence-corrected chi connectivity index (χ1v) is 9.54. The Balaban J connectivity index is 1.80. The fraction of sp³-hybridized carbons (Fsp3) is 0.190. The summed E-state index contributed by atoms with van der Waals surface area (Å²) in [5.41, 5.74) is 0.572. The molecular weight excluding hydrogens is 411 g/mol. The molecule has 2 amide bonds. The van der Waals surface area contributed by atoms with Crippen LogP contribution in [-0.4, -0.2) is 27.6 Å². The van der Waals surface area contributed by atoms with Crippen LogP contribution in [0.4, 0.5) is 4.39 Å². The minimum Gasteiger partial charge on any atom is -0.350 e. The Morgan fingerprint density at radius 2 is 1.93 bits per heavy atom. The molecule has 1 atom stereocenters. The number of hydrogen-bond donors (Lipinski definition) is 3. The van der Waals surface area contributed by atoms with Crippen molar-refractivity contribution >= 4 is 23.4 Å². The number of nitrogens with zero attached hydrogens (tertiary/aromatic N) is 1. The van der Waals surface area contributed by atoms with Gasteiger partial charge in [0, 0.05) is 36.8 Å². The number of aromatic nitrogens is 2. The van der Waals surface area contributed by atoms with Crippen molar-refractivity contribution in [3.63, 3.8) is 0 Å². The molecule has 3 rings (SSSR count). The maximum absolute atomic E-state index is 14.1. The SMILES string of the molecule is Cn1[nH]cc(CC(NC(=O)c2cc(Cl)ccc2F)C(=O)NCc2ccccc2)c1=O. The number of nitrogens with one attached hydrogen (secondary N) is 3. The summed E-state index contributed by atoms with van der Waals surface area (Å²) in [6.45, 7) is 0.239. The molecule has 30 heavy (non-hydrogen) atoms. The van der Waals surface area contributed by atoms with Crippen molar-refractivity contribution < 1.29 is 14.0 Å². The summed E-state index contributed by atoms with van der Waals surface area (Å²) in [4.78, 5) is 37.6. The molecule has 1 heterocycles. The van der Waals surface area contributed by atoms with Crippen LogP contribution < -0.4 is 16.2 Å². The zero-order valence-corrected chi connectivity index (χ0v) is 16.9. The molecule has 1 unspecified atom stereocenters. The standard InChI is InChI=1S/C21H20ClFN4O3/c1-27-21(30)14(12-25-27)9-18(20(29)24-11-13-5-3-2-4-6-13)26-19(28)16-10-15(22)7-8-17(16)23/h2-8,10,12,18,25H,9,11H2,1H3,(H,24,29)(H,26,28). The Morgan fingerprint density at radius 3 is 2.60 bits per heavy atom. The van der Waals surface area contributed by atoms with Gasteiger partial charge in [0.1, 0.15) is 11.9 Å². The fourth-order valence-electron chi connectivity index (χ4n) is 2.90. The molecule has 156 valence electrons. The predicted molar refractivity (Wildman–Crippen MR) is 111 cm³/mol. The topological polar surface area (TPSA) is 96.0 Å². The number of carbonyl (C=O) groups is 2. The van der Waals surface area contributed by atoms with Gasteiger partial charge in [-0.3, -0.25) is 19.1 Å². The summed E-state index contributed by atoms with van der Waals surface area (Å²) in [5, 5.41) is 8.16. The lowest BCUT2D eigenvalue weighted by molar-refractivity contribution is -0.123.